The lowest BCUT2D eigenvalue weighted by Gasteiger charge is -2.05. The lowest BCUT2D eigenvalue weighted by atomic mass is 10.0. The van der Waals surface area contributed by atoms with Gasteiger partial charge < -0.3 is 4.98 Å². The molecule has 0 radical (unpaired) electrons. The highest BCUT2D eigenvalue weighted by Gasteiger charge is 2.07. The third-order valence-electron chi connectivity index (χ3n) is 4.42. The van der Waals surface area contributed by atoms with E-state index in [4.69, 9.17) is 0 Å². The summed E-state index contributed by atoms with van der Waals surface area (Å²) in [5.74, 6) is -0.258. The predicted octanol–water partition coefficient (Wildman–Crippen LogP) is 4.38. The van der Waals surface area contributed by atoms with Gasteiger partial charge in [0.25, 0.3) is 5.91 Å². The Bertz CT molecular complexity index is 1110. The van der Waals surface area contributed by atoms with Crippen LogP contribution in [0.2, 0.25) is 0 Å². The number of H-pyrrole nitrogens is 1. The summed E-state index contributed by atoms with van der Waals surface area (Å²) in [6, 6.07) is 23.6. The molecule has 132 valence electrons. The van der Waals surface area contributed by atoms with Gasteiger partial charge in [-0.15, -0.1) is 0 Å². The first-order chi connectivity index (χ1) is 13.2. The minimum atomic E-state index is -0.258. The summed E-state index contributed by atoms with van der Waals surface area (Å²) >= 11 is 0. The second-order valence-corrected chi connectivity index (χ2v) is 6.22. The zero-order chi connectivity index (χ0) is 18.6. The molecule has 1 amide bonds. The molecule has 0 unspecified atom stereocenters. The first-order valence-corrected chi connectivity index (χ1v) is 8.64. The van der Waals surface area contributed by atoms with Gasteiger partial charge in [-0.3, -0.25) is 4.79 Å². The molecule has 1 heterocycles. The van der Waals surface area contributed by atoms with Gasteiger partial charge in [-0.1, -0.05) is 54.6 Å². The number of aromatic nitrogens is 2. The minimum Gasteiger partial charge on any atom is -0.345 e. The molecule has 4 aromatic rings. The van der Waals surface area contributed by atoms with Gasteiger partial charge in [-0.25, -0.2) is 10.4 Å². The molecule has 3 aromatic carbocycles. The van der Waals surface area contributed by atoms with E-state index in [0.717, 1.165) is 27.9 Å². The van der Waals surface area contributed by atoms with Crippen LogP contribution in [0.25, 0.3) is 22.2 Å². The van der Waals surface area contributed by atoms with Gasteiger partial charge in [0.1, 0.15) is 0 Å². The van der Waals surface area contributed by atoms with Crippen LogP contribution in [-0.2, 0) is 0 Å². The SMILES string of the molecule is C/C(=N/NC(=O)c1ccc2nc[nH]c2c1)c1ccc(-c2ccccc2)cc1. The van der Waals surface area contributed by atoms with Crippen molar-refractivity contribution >= 4 is 22.7 Å². The zero-order valence-electron chi connectivity index (χ0n) is 14.8. The number of imidazole rings is 1. The Morgan fingerprint density at radius 3 is 2.41 bits per heavy atom. The van der Waals surface area contributed by atoms with E-state index in [1.54, 1.807) is 24.5 Å². The van der Waals surface area contributed by atoms with Crippen molar-refractivity contribution in [2.75, 3.05) is 0 Å². The first kappa shape index (κ1) is 16.7. The number of hydrogen-bond donors (Lipinski definition) is 2. The Hall–Kier alpha value is -3.73. The second kappa shape index (κ2) is 7.25. The number of nitrogens with one attached hydrogen (secondary N) is 2. The topological polar surface area (TPSA) is 70.1 Å². The van der Waals surface area contributed by atoms with E-state index in [0.29, 0.717) is 5.56 Å². The number of carbonyl (C=O) groups excluding carboxylic acids is 1. The number of hydrazone groups is 1. The van der Waals surface area contributed by atoms with Crippen molar-refractivity contribution in [2.24, 2.45) is 5.10 Å². The second-order valence-electron chi connectivity index (χ2n) is 6.22. The fourth-order valence-electron chi connectivity index (χ4n) is 2.88. The van der Waals surface area contributed by atoms with Crippen LogP contribution in [-0.4, -0.2) is 21.6 Å². The molecule has 0 aliphatic carbocycles. The first-order valence-electron chi connectivity index (χ1n) is 8.64. The maximum atomic E-state index is 12.3. The molecule has 0 spiro atoms. The summed E-state index contributed by atoms with van der Waals surface area (Å²) in [6.07, 6.45) is 1.60. The van der Waals surface area contributed by atoms with E-state index in [9.17, 15) is 4.79 Å². The molecule has 1 aromatic heterocycles. The number of carbonyl (C=O) groups is 1. The number of amides is 1. The van der Waals surface area contributed by atoms with E-state index in [2.05, 4.69) is 44.8 Å². The average molecular weight is 354 g/mol. The quantitative estimate of drug-likeness (QED) is 0.422. The fraction of sp³-hybridized carbons (Fsp3) is 0.0455. The van der Waals surface area contributed by atoms with E-state index < -0.39 is 0 Å². The van der Waals surface area contributed by atoms with Crippen molar-refractivity contribution in [3.63, 3.8) is 0 Å². The number of fused-ring (bicyclic) bond motifs is 1. The van der Waals surface area contributed by atoms with Crippen LogP contribution in [0.3, 0.4) is 0 Å². The molecule has 27 heavy (non-hydrogen) atoms. The lowest BCUT2D eigenvalue weighted by Crippen LogP contribution is -2.19. The standard InChI is InChI=1S/C22H18N4O/c1-15(16-7-9-18(10-8-16)17-5-3-2-4-6-17)25-26-22(27)19-11-12-20-21(13-19)24-14-23-20/h2-14H,1H3,(H,23,24)(H,26,27)/b25-15-. The molecule has 0 fully saturated rings. The lowest BCUT2D eigenvalue weighted by molar-refractivity contribution is 0.0955. The molecule has 5 heteroatoms. The highest BCUT2D eigenvalue weighted by Crippen LogP contribution is 2.19. The summed E-state index contributed by atoms with van der Waals surface area (Å²) < 4.78 is 0. The molecule has 0 bridgehead atoms. The number of hydrogen-bond acceptors (Lipinski definition) is 3. The number of aromatic amines is 1. The van der Waals surface area contributed by atoms with Crippen LogP contribution >= 0.6 is 0 Å². The van der Waals surface area contributed by atoms with Gasteiger partial charge >= 0.3 is 0 Å². The van der Waals surface area contributed by atoms with E-state index >= 15 is 0 Å². The number of benzene rings is 3. The van der Waals surface area contributed by atoms with Gasteiger partial charge in [0.05, 0.1) is 23.1 Å². The van der Waals surface area contributed by atoms with Gasteiger partial charge in [0.15, 0.2) is 0 Å². The highest BCUT2D eigenvalue weighted by molar-refractivity contribution is 6.01. The molecular formula is C22H18N4O. The van der Waals surface area contributed by atoms with Gasteiger partial charge in [0, 0.05) is 5.56 Å². The summed E-state index contributed by atoms with van der Waals surface area (Å²) in [5.41, 5.74) is 8.80. The van der Waals surface area contributed by atoms with Crippen molar-refractivity contribution in [1.82, 2.24) is 15.4 Å². The molecule has 4 rings (SSSR count). The van der Waals surface area contributed by atoms with Crippen molar-refractivity contribution in [3.05, 3.63) is 90.3 Å². The van der Waals surface area contributed by atoms with Gasteiger partial charge in [-0.05, 0) is 41.8 Å². The Labute approximate surface area is 156 Å². The highest BCUT2D eigenvalue weighted by atomic mass is 16.2. The van der Waals surface area contributed by atoms with Crippen molar-refractivity contribution in [1.29, 1.82) is 0 Å². The maximum Gasteiger partial charge on any atom is 0.271 e. The molecular weight excluding hydrogens is 336 g/mol. The van der Waals surface area contributed by atoms with Crippen LogP contribution in [0.5, 0.6) is 0 Å². The molecule has 0 aliphatic rings. The van der Waals surface area contributed by atoms with E-state index in [1.807, 2.05) is 37.3 Å². The van der Waals surface area contributed by atoms with Crippen LogP contribution in [0, 0.1) is 0 Å². The number of nitrogens with zero attached hydrogens (tertiary/aromatic N) is 2. The normalized spacial score (nSPS) is 11.5. The largest absolute Gasteiger partial charge is 0.345 e. The van der Waals surface area contributed by atoms with Crippen molar-refractivity contribution in [2.45, 2.75) is 6.92 Å². The summed E-state index contributed by atoms with van der Waals surface area (Å²) in [4.78, 5) is 19.5. The smallest absolute Gasteiger partial charge is 0.271 e. The molecule has 0 saturated heterocycles. The van der Waals surface area contributed by atoms with Crippen molar-refractivity contribution in [3.8, 4) is 11.1 Å². The van der Waals surface area contributed by atoms with Gasteiger partial charge in [0.2, 0.25) is 0 Å². The van der Waals surface area contributed by atoms with Crippen LogP contribution in [0.1, 0.15) is 22.8 Å². The Morgan fingerprint density at radius 1 is 0.926 bits per heavy atom. The molecule has 0 saturated carbocycles. The van der Waals surface area contributed by atoms with E-state index in [-0.39, 0.29) is 5.91 Å². The maximum absolute atomic E-state index is 12.3. The van der Waals surface area contributed by atoms with E-state index in [1.165, 1.54) is 5.56 Å². The predicted molar refractivity (Wildman–Crippen MR) is 108 cm³/mol. The summed E-state index contributed by atoms with van der Waals surface area (Å²) in [5, 5.41) is 4.23. The number of rotatable bonds is 4. The molecule has 2 N–H and O–H groups in total. The summed E-state index contributed by atoms with van der Waals surface area (Å²) in [6.45, 7) is 1.87. The van der Waals surface area contributed by atoms with Gasteiger partial charge in [-0.2, -0.15) is 5.10 Å². The third-order valence-corrected chi connectivity index (χ3v) is 4.42. The summed E-state index contributed by atoms with van der Waals surface area (Å²) in [7, 11) is 0. The average Bonchev–Trinajstić information content (AvgIpc) is 3.20. The van der Waals surface area contributed by atoms with Crippen LogP contribution < -0.4 is 5.43 Å². The van der Waals surface area contributed by atoms with Crippen LogP contribution in [0.4, 0.5) is 0 Å². The van der Waals surface area contributed by atoms with Crippen LogP contribution in [0.15, 0.2) is 84.2 Å². The molecule has 0 aliphatic heterocycles. The fourth-order valence-corrected chi connectivity index (χ4v) is 2.88. The Kier molecular flexibility index (Phi) is 4.49. The zero-order valence-corrected chi connectivity index (χ0v) is 14.8. The van der Waals surface area contributed by atoms with Crippen molar-refractivity contribution < 1.29 is 4.79 Å². The Balaban J connectivity index is 1.47. The minimum absolute atomic E-state index is 0.258. The molecule has 5 nitrogen and oxygen atoms in total. The molecule has 0 atom stereocenters. The third kappa shape index (κ3) is 3.62. The Morgan fingerprint density at radius 2 is 1.63 bits per heavy atom. The monoisotopic (exact) mass is 354 g/mol.